The number of unbranched alkanes of at least 4 members (excludes halogenated alkanes) is 1. The van der Waals surface area contributed by atoms with Gasteiger partial charge < -0.3 is 14.2 Å². The maximum Gasteiger partial charge on any atom is 0.305 e. The minimum absolute atomic E-state index is 0.142. The number of hydrogen-bond donors (Lipinski definition) is 0. The van der Waals surface area contributed by atoms with Crippen LogP contribution in [0.3, 0.4) is 0 Å². The molecule has 2 aromatic carbocycles. The third-order valence-electron chi connectivity index (χ3n) is 5.34. The van der Waals surface area contributed by atoms with E-state index in [1.165, 1.54) is 7.11 Å². The molecular weight excluding hydrogens is 406 g/mol. The molecule has 6 heteroatoms. The van der Waals surface area contributed by atoms with Crippen LogP contribution in [0.1, 0.15) is 36.5 Å². The number of aromatic nitrogens is 1. The van der Waals surface area contributed by atoms with Crippen molar-refractivity contribution in [3.63, 3.8) is 0 Å². The minimum atomic E-state index is -0.776. The van der Waals surface area contributed by atoms with Crippen LogP contribution in [0.2, 0.25) is 0 Å². The molecule has 0 aliphatic carbocycles. The van der Waals surface area contributed by atoms with Crippen molar-refractivity contribution in [2.24, 2.45) is 0 Å². The molecule has 0 amide bonds. The first-order valence-electron chi connectivity index (χ1n) is 10.7. The van der Waals surface area contributed by atoms with Crippen molar-refractivity contribution >= 4 is 22.7 Å². The number of Topliss-reactive ketones (excluding diaryl/α,β-unsaturated/α-hetero) is 1. The Morgan fingerprint density at radius 2 is 2.00 bits per heavy atom. The summed E-state index contributed by atoms with van der Waals surface area (Å²) in [5, 5.41) is 1.06. The minimum Gasteiger partial charge on any atom is -0.466 e. The number of ketones is 1. The van der Waals surface area contributed by atoms with Crippen LogP contribution in [0.15, 0.2) is 66.2 Å². The number of esters is 1. The van der Waals surface area contributed by atoms with E-state index in [4.69, 9.17) is 19.2 Å². The lowest BCUT2D eigenvalue weighted by Crippen LogP contribution is -2.31. The molecule has 1 unspecified atom stereocenters. The second-order valence-electron chi connectivity index (χ2n) is 7.47. The Balaban J connectivity index is 1.59. The molecule has 0 spiro atoms. The van der Waals surface area contributed by atoms with Crippen LogP contribution in [0.25, 0.3) is 22.2 Å². The summed E-state index contributed by atoms with van der Waals surface area (Å²) >= 11 is 0. The van der Waals surface area contributed by atoms with Gasteiger partial charge in [0, 0.05) is 24.5 Å². The average molecular weight is 431 g/mol. The summed E-state index contributed by atoms with van der Waals surface area (Å²) in [7, 11) is 1.50. The zero-order chi connectivity index (χ0) is 22.5. The lowest BCUT2D eigenvalue weighted by Gasteiger charge is -2.27. The topological polar surface area (TPSA) is 74.7 Å². The summed E-state index contributed by atoms with van der Waals surface area (Å²) in [5.41, 5.74) is 3.43. The highest BCUT2D eigenvalue weighted by molar-refractivity contribution is 6.12. The van der Waals surface area contributed by atoms with Gasteiger partial charge in [-0.2, -0.15) is 0 Å². The predicted octanol–water partition coefficient (Wildman–Crippen LogP) is 5.11. The van der Waals surface area contributed by atoms with E-state index in [0.717, 1.165) is 22.2 Å². The zero-order valence-corrected chi connectivity index (χ0v) is 18.2. The highest BCUT2D eigenvalue weighted by atomic mass is 16.7. The third kappa shape index (κ3) is 4.55. The van der Waals surface area contributed by atoms with Gasteiger partial charge in [-0.3, -0.25) is 9.59 Å². The van der Waals surface area contributed by atoms with Gasteiger partial charge >= 0.3 is 5.97 Å². The molecule has 0 N–H and O–H groups in total. The Kier molecular flexibility index (Phi) is 6.61. The fraction of sp³-hybridized carbons (Fsp3) is 0.269. The van der Waals surface area contributed by atoms with Crippen LogP contribution >= 0.6 is 0 Å². The number of ether oxygens (including phenoxy) is 3. The van der Waals surface area contributed by atoms with E-state index < -0.39 is 6.29 Å². The second-order valence-corrected chi connectivity index (χ2v) is 7.47. The van der Waals surface area contributed by atoms with Crippen LogP contribution in [-0.4, -0.2) is 36.7 Å². The van der Waals surface area contributed by atoms with Crippen LogP contribution < -0.4 is 4.74 Å². The smallest absolute Gasteiger partial charge is 0.305 e. The van der Waals surface area contributed by atoms with Crippen molar-refractivity contribution in [2.45, 2.75) is 32.5 Å². The molecular formula is C26H25NO5. The van der Waals surface area contributed by atoms with Crippen molar-refractivity contribution in [1.82, 2.24) is 4.98 Å². The fourth-order valence-corrected chi connectivity index (χ4v) is 3.74. The van der Waals surface area contributed by atoms with Crippen molar-refractivity contribution in [1.29, 1.82) is 0 Å². The second kappa shape index (κ2) is 9.75. The van der Waals surface area contributed by atoms with E-state index in [2.05, 4.69) is 0 Å². The molecule has 0 bridgehead atoms. The molecule has 1 aliphatic heterocycles. The lowest BCUT2D eigenvalue weighted by molar-refractivity contribution is -0.143. The normalized spacial score (nSPS) is 16.6. The number of pyridine rings is 1. The summed E-state index contributed by atoms with van der Waals surface area (Å²) in [5.74, 6) is 0.102. The third-order valence-corrected chi connectivity index (χ3v) is 5.34. The molecule has 3 aromatic rings. The number of methoxy groups -OCH3 is 1. The van der Waals surface area contributed by atoms with Gasteiger partial charge in [0.15, 0.2) is 5.78 Å². The van der Waals surface area contributed by atoms with E-state index in [9.17, 15) is 9.59 Å². The number of rotatable bonds is 7. The SMILES string of the molecule is CCOC(=O)CCCC=C1C(=O)c2cc(-c3ccc4ccccc4n3)ccc2OC1OC. The first-order valence-corrected chi connectivity index (χ1v) is 10.7. The van der Waals surface area contributed by atoms with Crippen molar-refractivity contribution in [2.75, 3.05) is 13.7 Å². The van der Waals surface area contributed by atoms with Gasteiger partial charge in [0.1, 0.15) is 5.75 Å². The molecule has 0 saturated heterocycles. The molecule has 2 heterocycles. The van der Waals surface area contributed by atoms with Gasteiger partial charge in [0.25, 0.3) is 0 Å². The number of nitrogens with zero attached hydrogens (tertiary/aromatic N) is 1. The quantitative estimate of drug-likeness (QED) is 0.294. The van der Waals surface area contributed by atoms with Gasteiger partial charge in [0.05, 0.1) is 29.0 Å². The van der Waals surface area contributed by atoms with E-state index in [1.54, 1.807) is 19.1 Å². The molecule has 6 nitrogen and oxygen atoms in total. The number of carbonyl (C=O) groups excluding carboxylic acids is 2. The molecule has 164 valence electrons. The van der Waals surface area contributed by atoms with Crippen molar-refractivity contribution < 1.29 is 23.8 Å². The molecule has 32 heavy (non-hydrogen) atoms. The standard InChI is InChI=1S/C26H25NO5/c1-3-31-24(28)11-7-5-9-19-25(29)20-16-18(13-15-23(20)32-26(19)30-2)22-14-12-17-8-4-6-10-21(17)27-22/h4,6,8-10,12-16,26H,3,5,7,11H2,1-2H3. The molecule has 1 atom stereocenters. The Bertz CT molecular complexity index is 1180. The van der Waals surface area contributed by atoms with Crippen LogP contribution in [0.4, 0.5) is 0 Å². The van der Waals surface area contributed by atoms with E-state index in [0.29, 0.717) is 42.8 Å². The maximum absolute atomic E-state index is 13.3. The molecule has 0 saturated carbocycles. The van der Waals surface area contributed by atoms with E-state index >= 15 is 0 Å². The molecule has 1 aliphatic rings. The van der Waals surface area contributed by atoms with Gasteiger partial charge in [-0.25, -0.2) is 4.98 Å². The summed E-state index contributed by atoms with van der Waals surface area (Å²) in [6.45, 7) is 2.14. The van der Waals surface area contributed by atoms with E-state index in [-0.39, 0.29) is 11.8 Å². The maximum atomic E-state index is 13.3. The Morgan fingerprint density at radius 3 is 2.81 bits per heavy atom. The van der Waals surface area contributed by atoms with Crippen LogP contribution in [0, 0.1) is 0 Å². The Hall–Kier alpha value is -3.51. The number of hydrogen-bond acceptors (Lipinski definition) is 6. The average Bonchev–Trinajstić information content (AvgIpc) is 2.82. The first-order chi connectivity index (χ1) is 15.6. The van der Waals surface area contributed by atoms with E-state index in [1.807, 2.05) is 48.5 Å². The fourth-order valence-electron chi connectivity index (χ4n) is 3.74. The monoisotopic (exact) mass is 431 g/mol. The molecule has 1 aromatic heterocycles. The number of allylic oxidation sites excluding steroid dienone is 1. The summed E-state index contributed by atoms with van der Waals surface area (Å²) in [4.78, 5) is 29.5. The highest BCUT2D eigenvalue weighted by Gasteiger charge is 2.32. The molecule has 4 rings (SSSR count). The number of para-hydroxylation sites is 1. The first kappa shape index (κ1) is 21.7. The number of carbonyl (C=O) groups is 2. The van der Waals surface area contributed by atoms with Gasteiger partial charge in [-0.15, -0.1) is 0 Å². The van der Waals surface area contributed by atoms with Gasteiger partial charge in [-0.05, 0) is 50.1 Å². The molecule has 0 fully saturated rings. The van der Waals surface area contributed by atoms with Crippen LogP contribution in [0.5, 0.6) is 5.75 Å². The van der Waals surface area contributed by atoms with Crippen LogP contribution in [-0.2, 0) is 14.3 Å². The summed E-state index contributed by atoms with van der Waals surface area (Å²) < 4.78 is 16.3. The van der Waals surface area contributed by atoms with Gasteiger partial charge in [0.2, 0.25) is 6.29 Å². The number of fused-ring (bicyclic) bond motifs is 2. The zero-order valence-electron chi connectivity index (χ0n) is 18.2. The predicted molar refractivity (Wildman–Crippen MR) is 122 cm³/mol. The van der Waals surface area contributed by atoms with Gasteiger partial charge in [-0.1, -0.05) is 30.3 Å². The Labute approximate surface area is 186 Å². The van der Waals surface area contributed by atoms with Crippen molar-refractivity contribution in [3.8, 4) is 17.0 Å². The largest absolute Gasteiger partial charge is 0.466 e. The molecule has 0 radical (unpaired) electrons. The lowest BCUT2D eigenvalue weighted by atomic mass is 9.95. The highest BCUT2D eigenvalue weighted by Crippen LogP contribution is 2.34. The number of benzene rings is 2. The Morgan fingerprint density at radius 1 is 1.16 bits per heavy atom. The van der Waals surface area contributed by atoms with Crippen molar-refractivity contribution in [3.05, 3.63) is 71.8 Å². The summed E-state index contributed by atoms with van der Waals surface area (Å²) in [6.07, 6.45) is 2.45. The summed E-state index contributed by atoms with van der Waals surface area (Å²) in [6, 6.07) is 17.4.